The molecule has 1 fully saturated rings. The molecule has 1 aliphatic rings. The molecular weight excluding hydrogens is 232 g/mol. The van der Waals surface area contributed by atoms with Crippen LogP contribution in [-0.2, 0) is 9.84 Å². The molecular formula is C9H14N2O2S2. The lowest BCUT2D eigenvalue weighted by molar-refractivity contribution is 0.534. The average Bonchev–Trinajstić information content (AvgIpc) is 2.69. The minimum Gasteiger partial charge on any atom is -0.348 e. The number of sulfone groups is 1. The summed E-state index contributed by atoms with van der Waals surface area (Å²) >= 11 is 1.60. The minimum absolute atomic E-state index is 0.159. The average molecular weight is 246 g/mol. The second-order valence-electron chi connectivity index (χ2n) is 3.83. The first kappa shape index (κ1) is 10.9. The summed E-state index contributed by atoms with van der Waals surface area (Å²) in [6, 6.07) is 0. The van der Waals surface area contributed by atoms with Gasteiger partial charge in [0.2, 0.25) is 0 Å². The molecule has 1 aliphatic heterocycles. The molecule has 4 nitrogen and oxygen atoms in total. The van der Waals surface area contributed by atoms with Crippen LogP contribution >= 0.6 is 11.3 Å². The molecule has 0 aromatic carbocycles. The van der Waals surface area contributed by atoms with Crippen molar-refractivity contribution < 1.29 is 8.42 Å². The van der Waals surface area contributed by atoms with Crippen molar-refractivity contribution in [2.24, 2.45) is 0 Å². The first-order valence-corrected chi connectivity index (χ1v) is 7.74. The summed E-state index contributed by atoms with van der Waals surface area (Å²) < 4.78 is 22.7. The molecule has 0 bridgehead atoms. The molecule has 1 aromatic rings. The molecule has 15 heavy (non-hydrogen) atoms. The summed E-state index contributed by atoms with van der Waals surface area (Å²) in [4.78, 5) is 6.38. The van der Waals surface area contributed by atoms with Crippen molar-refractivity contribution in [1.82, 2.24) is 4.98 Å². The van der Waals surface area contributed by atoms with E-state index in [0.717, 1.165) is 31.1 Å². The molecule has 6 heteroatoms. The number of thiazole rings is 1. The van der Waals surface area contributed by atoms with Gasteiger partial charge in [-0.15, -0.1) is 11.3 Å². The van der Waals surface area contributed by atoms with Crippen LogP contribution in [0.1, 0.15) is 12.8 Å². The first-order chi connectivity index (χ1) is 7.07. The third-order valence-corrected chi connectivity index (χ3v) is 5.25. The van der Waals surface area contributed by atoms with Gasteiger partial charge < -0.3 is 4.90 Å². The normalized spacial score (nSPS) is 19.4. The Bertz CT molecular complexity index is 405. The summed E-state index contributed by atoms with van der Waals surface area (Å²) in [6.45, 7) is 1.59. The van der Waals surface area contributed by atoms with Crippen molar-refractivity contribution in [2.75, 3.05) is 24.2 Å². The molecule has 2 rings (SSSR count). The van der Waals surface area contributed by atoms with Crippen molar-refractivity contribution in [3.05, 3.63) is 11.6 Å². The summed E-state index contributed by atoms with van der Waals surface area (Å²) in [5.74, 6) is 0. The van der Waals surface area contributed by atoms with Crippen LogP contribution in [0.2, 0.25) is 0 Å². The van der Waals surface area contributed by atoms with Gasteiger partial charge in [0, 0.05) is 30.9 Å². The molecule has 1 saturated heterocycles. The van der Waals surface area contributed by atoms with Crippen LogP contribution < -0.4 is 4.90 Å². The van der Waals surface area contributed by atoms with Crippen LogP contribution in [0.4, 0.5) is 5.13 Å². The van der Waals surface area contributed by atoms with E-state index >= 15 is 0 Å². The van der Waals surface area contributed by atoms with Gasteiger partial charge in [0.25, 0.3) is 0 Å². The molecule has 0 amide bonds. The van der Waals surface area contributed by atoms with E-state index in [1.165, 1.54) is 6.26 Å². The van der Waals surface area contributed by atoms with Crippen molar-refractivity contribution in [1.29, 1.82) is 0 Å². The van der Waals surface area contributed by atoms with Crippen LogP contribution in [0, 0.1) is 0 Å². The van der Waals surface area contributed by atoms with Gasteiger partial charge in [0.05, 0.1) is 5.25 Å². The number of aromatic nitrogens is 1. The number of hydrogen-bond acceptors (Lipinski definition) is 5. The Kier molecular flexibility index (Phi) is 2.97. The lowest BCUT2D eigenvalue weighted by Crippen LogP contribution is -2.38. The summed E-state index contributed by atoms with van der Waals surface area (Å²) in [6.07, 6.45) is 4.55. The van der Waals surface area contributed by atoms with Gasteiger partial charge in [-0.25, -0.2) is 13.4 Å². The Hall–Kier alpha value is -0.620. The summed E-state index contributed by atoms with van der Waals surface area (Å²) in [7, 11) is -2.86. The van der Waals surface area contributed by atoms with Gasteiger partial charge in [-0.2, -0.15) is 0 Å². The molecule has 0 atom stereocenters. The van der Waals surface area contributed by atoms with Gasteiger partial charge in [0.15, 0.2) is 5.13 Å². The van der Waals surface area contributed by atoms with Crippen molar-refractivity contribution in [2.45, 2.75) is 18.1 Å². The molecule has 0 radical (unpaired) electrons. The van der Waals surface area contributed by atoms with Crippen LogP contribution in [0.3, 0.4) is 0 Å². The molecule has 1 aromatic heterocycles. The highest BCUT2D eigenvalue weighted by atomic mass is 32.2. The topological polar surface area (TPSA) is 50.3 Å². The van der Waals surface area contributed by atoms with E-state index in [1.54, 1.807) is 17.5 Å². The van der Waals surface area contributed by atoms with Crippen LogP contribution in [0.25, 0.3) is 0 Å². The Balaban J connectivity index is 1.99. The van der Waals surface area contributed by atoms with E-state index < -0.39 is 9.84 Å². The minimum atomic E-state index is -2.86. The maximum Gasteiger partial charge on any atom is 0.185 e. The third kappa shape index (κ3) is 2.49. The fraction of sp³-hybridized carbons (Fsp3) is 0.667. The van der Waals surface area contributed by atoms with Gasteiger partial charge in [-0.3, -0.25) is 0 Å². The highest BCUT2D eigenvalue weighted by Crippen LogP contribution is 2.24. The van der Waals surface area contributed by atoms with Crippen LogP contribution in [-0.4, -0.2) is 38.0 Å². The number of anilines is 1. The molecule has 0 aliphatic carbocycles. The van der Waals surface area contributed by atoms with Crippen LogP contribution in [0.5, 0.6) is 0 Å². The van der Waals surface area contributed by atoms with Gasteiger partial charge in [0.1, 0.15) is 9.84 Å². The lowest BCUT2D eigenvalue weighted by Gasteiger charge is -2.30. The van der Waals surface area contributed by atoms with E-state index in [9.17, 15) is 8.42 Å². The quantitative estimate of drug-likeness (QED) is 0.785. The number of piperidine rings is 1. The standard InChI is InChI=1S/C9H14N2O2S2/c1-15(12,13)8-2-5-11(6-3-8)9-10-4-7-14-9/h4,7-8H,2-3,5-6H2,1H3. The second kappa shape index (κ2) is 4.09. The number of rotatable bonds is 2. The second-order valence-corrected chi connectivity index (χ2v) is 7.03. The Morgan fingerprint density at radius 1 is 1.47 bits per heavy atom. The fourth-order valence-electron chi connectivity index (χ4n) is 1.85. The number of nitrogens with zero attached hydrogens (tertiary/aromatic N) is 2. The van der Waals surface area contributed by atoms with E-state index in [4.69, 9.17) is 0 Å². The van der Waals surface area contributed by atoms with Crippen LogP contribution in [0.15, 0.2) is 11.6 Å². The predicted molar refractivity (Wildman–Crippen MR) is 62.2 cm³/mol. The van der Waals surface area contributed by atoms with Crippen molar-refractivity contribution in [3.63, 3.8) is 0 Å². The molecule has 0 spiro atoms. The van der Waals surface area contributed by atoms with Crippen molar-refractivity contribution in [3.8, 4) is 0 Å². The molecule has 0 saturated carbocycles. The summed E-state index contributed by atoms with van der Waals surface area (Å²) in [5.41, 5.74) is 0. The number of hydrogen-bond donors (Lipinski definition) is 0. The molecule has 84 valence electrons. The Morgan fingerprint density at radius 2 is 2.13 bits per heavy atom. The maximum absolute atomic E-state index is 11.3. The molecule has 0 N–H and O–H groups in total. The van der Waals surface area contributed by atoms with E-state index in [1.807, 2.05) is 5.38 Å². The summed E-state index contributed by atoms with van der Waals surface area (Å²) in [5, 5.41) is 2.79. The lowest BCUT2D eigenvalue weighted by atomic mass is 10.1. The Morgan fingerprint density at radius 3 is 2.60 bits per heavy atom. The highest BCUT2D eigenvalue weighted by molar-refractivity contribution is 7.91. The van der Waals surface area contributed by atoms with Gasteiger partial charge in [-0.05, 0) is 12.8 Å². The zero-order chi connectivity index (χ0) is 10.9. The van der Waals surface area contributed by atoms with Crippen molar-refractivity contribution >= 4 is 26.3 Å². The fourth-order valence-corrected chi connectivity index (χ4v) is 3.61. The van der Waals surface area contributed by atoms with Gasteiger partial charge in [-0.1, -0.05) is 0 Å². The molecule has 2 heterocycles. The van der Waals surface area contributed by atoms with E-state index in [0.29, 0.717) is 0 Å². The van der Waals surface area contributed by atoms with Gasteiger partial charge >= 0.3 is 0 Å². The first-order valence-electron chi connectivity index (χ1n) is 4.90. The maximum atomic E-state index is 11.3. The van der Waals surface area contributed by atoms with E-state index in [-0.39, 0.29) is 5.25 Å². The zero-order valence-electron chi connectivity index (χ0n) is 8.59. The highest BCUT2D eigenvalue weighted by Gasteiger charge is 2.27. The zero-order valence-corrected chi connectivity index (χ0v) is 10.2. The smallest absolute Gasteiger partial charge is 0.185 e. The predicted octanol–water partition coefficient (Wildman–Crippen LogP) is 1.16. The Labute approximate surface area is 93.9 Å². The third-order valence-electron chi connectivity index (χ3n) is 2.74. The molecule has 0 unspecified atom stereocenters. The monoisotopic (exact) mass is 246 g/mol. The largest absolute Gasteiger partial charge is 0.348 e. The SMILES string of the molecule is CS(=O)(=O)C1CCN(c2nccs2)CC1. The van der Waals surface area contributed by atoms with E-state index in [2.05, 4.69) is 9.88 Å².